The molecule has 0 aliphatic heterocycles. The minimum Gasteiger partial charge on any atom is -0.449 e. The number of hydrogen-bond acceptors (Lipinski definition) is 7. The van der Waals surface area contributed by atoms with Gasteiger partial charge in [0.15, 0.2) is 6.10 Å². The SMILES string of the molecule is Cc1cc(CSc2ncccc2C(=O)OC(C)C(=O)NC2CCCCC2C)no1. The summed E-state index contributed by atoms with van der Waals surface area (Å²) in [6.07, 6.45) is 5.15. The van der Waals surface area contributed by atoms with Gasteiger partial charge in [-0.3, -0.25) is 4.79 Å². The molecule has 29 heavy (non-hydrogen) atoms. The van der Waals surface area contributed by atoms with E-state index in [0.29, 0.717) is 22.3 Å². The van der Waals surface area contributed by atoms with Crippen LogP contribution >= 0.6 is 11.8 Å². The van der Waals surface area contributed by atoms with Gasteiger partial charge in [0.25, 0.3) is 5.91 Å². The van der Waals surface area contributed by atoms with Crippen LogP contribution in [0.4, 0.5) is 0 Å². The van der Waals surface area contributed by atoms with E-state index < -0.39 is 12.1 Å². The number of thioether (sulfide) groups is 1. The molecule has 1 N–H and O–H groups in total. The molecule has 2 heterocycles. The van der Waals surface area contributed by atoms with Crippen molar-refractivity contribution in [1.29, 1.82) is 0 Å². The van der Waals surface area contributed by atoms with Crippen LogP contribution in [0.15, 0.2) is 33.9 Å². The molecule has 3 rings (SSSR count). The van der Waals surface area contributed by atoms with E-state index in [0.717, 1.165) is 30.7 Å². The Bertz CT molecular complexity index is 854. The molecule has 8 heteroatoms. The van der Waals surface area contributed by atoms with Crippen LogP contribution in [0.5, 0.6) is 0 Å². The first-order valence-corrected chi connectivity index (χ1v) is 10.9. The van der Waals surface area contributed by atoms with Crippen molar-refractivity contribution in [2.45, 2.75) is 69.4 Å². The fraction of sp³-hybridized carbons (Fsp3) is 0.524. The predicted octanol–water partition coefficient (Wildman–Crippen LogP) is 3.91. The Balaban J connectivity index is 1.58. The van der Waals surface area contributed by atoms with Crippen LogP contribution in [0.1, 0.15) is 61.3 Å². The number of aromatic nitrogens is 2. The number of carbonyl (C=O) groups is 2. The number of pyridine rings is 1. The first-order valence-electron chi connectivity index (χ1n) is 9.95. The minimum atomic E-state index is -0.868. The van der Waals surface area contributed by atoms with Crippen molar-refractivity contribution in [3.63, 3.8) is 0 Å². The Kier molecular flexibility index (Phi) is 7.30. The molecule has 156 valence electrons. The fourth-order valence-electron chi connectivity index (χ4n) is 3.40. The van der Waals surface area contributed by atoms with Crippen LogP contribution in [0, 0.1) is 12.8 Å². The summed E-state index contributed by atoms with van der Waals surface area (Å²) in [7, 11) is 0. The van der Waals surface area contributed by atoms with Gasteiger partial charge in [-0.15, -0.1) is 0 Å². The highest BCUT2D eigenvalue weighted by atomic mass is 32.2. The Hall–Kier alpha value is -2.35. The Morgan fingerprint density at radius 1 is 1.38 bits per heavy atom. The molecule has 1 aliphatic rings. The van der Waals surface area contributed by atoms with Crippen LogP contribution < -0.4 is 5.32 Å². The van der Waals surface area contributed by atoms with E-state index in [1.54, 1.807) is 25.3 Å². The third-order valence-corrected chi connectivity index (χ3v) is 6.16. The molecule has 3 unspecified atom stereocenters. The van der Waals surface area contributed by atoms with Crippen LogP contribution in [-0.4, -0.2) is 34.2 Å². The zero-order chi connectivity index (χ0) is 20.8. The highest BCUT2D eigenvalue weighted by Crippen LogP contribution is 2.26. The van der Waals surface area contributed by atoms with E-state index in [4.69, 9.17) is 9.26 Å². The average Bonchev–Trinajstić information content (AvgIpc) is 3.13. The molecule has 1 fully saturated rings. The van der Waals surface area contributed by atoms with Crippen LogP contribution in [0.25, 0.3) is 0 Å². The van der Waals surface area contributed by atoms with E-state index in [2.05, 4.69) is 22.4 Å². The number of nitrogens with one attached hydrogen (secondary N) is 1. The quantitative estimate of drug-likeness (QED) is 0.539. The van der Waals surface area contributed by atoms with Crippen molar-refractivity contribution in [3.8, 4) is 0 Å². The number of esters is 1. The van der Waals surface area contributed by atoms with Gasteiger partial charge in [-0.25, -0.2) is 9.78 Å². The van der Waals surface area contributed by atoms with E-state index in [1.165, 1.54) is 18.2 Å². The maximum atomic E-state index is 12.7. The second-order valence-corrected chi connectivity index (χ2v) is 8.46. The highest BCUT2D eigenvalue weighted by Gasteiger charge is 2.27. The molecule has 1 amide bonds. The standard InChI is InChI=1S/C21H27N3O4S/c1-13-7-4-5-9-18(13)23-19(25)15(3)27-21(26)17-8-6-10-22-20(17)29-12-16-11-14(2)28-24-16/h6,8,10-11,13,15,18H,4-5,7,9,12H2,1-3H3,(H,23,25). The summed E-state index contributed by atoms with van der Waals surface area (Å²) >= 11 is 1.37. The monoisotopic (exact) mass is 417 g/mol. The third kappa shape index (κ3) is 5.82. The van der Waals surface area contributed by atoms with Gasteiger partial charge in [-0.2, -0.15) is 0 Å². The summed E-state index contributed by atoms with van der Waals surface area (Å²) in [5.41, 5.74) is 1.11. The summed E-state index contributed by atoms with van der Waals surface area (Å²) in [4.78, 5) is 29.4. The Morgan fingerprint density at radius 3 is 2.90 bits per heavy atom. The number of rotatable bonds is 7. The summed E-state index contributed by atoms with van der Waals surface area (Å²) in [6.45, 7) is 5.57. The molecule has 3 atom stereocenters. The van der Waals surface area contributed by atoms with Crippen molar-refractivity contribution in [2.75, 3.05) is 0 Å². The maximum absolute atomic E-state index is 12.7. The zero-order valence-corrected chi connectivity index (χ0v) is 17.8. The van der Waals surface area contributed by atoms with Gasteiger partial charge >= 0.3 is 5.97 Å². The summed E-state index contributed by atoms with van der Waals surface area (Å²) in [5.74, 6) is 0.875. The lowest BCUT2D eigenvalue weighted by atomic mass is 9.86. The molecule has 0 spiro atoms. The highest BCUT2D eigenvalue weighted by molar-refractivity contribution is 7.98. The van der Waals surface area contributed by atoms with E-state index >= 15 is 0 Å². The average molecular weight is 418 g/mol. The molecule has 0 bridgehead atoms. The zero-order valence-electron chi connectivity index (χ0n) is 17.0. The topological polar surface area (TPSA) is 94.3 Å². The van der Waals surface area contributed by atoms with Crippen LogP contribution in [0.3, 0.4) is 0 Å². The molecule has 2 aromatic rings. The van der Waals surface area contributed by atoms with Gasteiger partial charge in [0, 0.05) is 24.1 Å². The first kappa shape index (κ1) is 21.4. The molecule has 1 aliphatic carbocycles. The van der Waals surface area contributed by atoms with E-state index in [1.807, 2.05) is 13.0 Å². The lowest BCUT2D eigenvalue weighted by molar-refractivity contribution is -0.130. The largest absolute Gasteiger partial charge is 0.449 e. The smallest absolute Gasteiger partial charge is 0.341 e. The van der Waals surface area contributed by atoms with Crippen molar-refractivity contribution >= 4 is 23.6 Å². The van der Waals surface area contributed by atoms with Gasteiger partial charge in [0.1, 0.15) is 10.8 Å². The summed E-state index contributed by atoms with van der Waals surface area (Å²) in [5, 5.41) is 7.51. The number of carbonyl (C=O) groups excluding carboxylic acids is 2. The first-order chi connectivity index (χ1) is 13.9. The molecular formula is C21H27N3O4S. The van der Waals surface area contributed by atoms with E-state index in [9.17, 15) is 9.59 Å². The normalized spacial score (nSPS) is 20.1. The molecule has 0 saturated heterocycles. The predicted molar refractivity (Wildman–Crippen MR) is 109 cm³/mol. The fourth-order valence-corrected chi connectivity index (χ4v) is 4.26. The van der Waals surface area contributed by atoms with Crippen LogP contribution in [-0.2, 0) is 15.3 Å². The molecule has 0 radical (unpaired) electrons. The second-order valence-electron chi connectivity index (χ2n) is 7.50. The van der Waals surface area contributed by atoms with Crippen molar-refractivity contribution in [3.05, 3.63) is 41.4 Å². The molecule has 1 saturated carbocycles. The van der Waals surface area contributed by atoms with Gasteiger partial charge in [0.05, 0.1) is 11.3 Å². The van der Waals surface area contributed by atoms with Crippen LogP contribution in [0.2, 0.25) is 0 Å². The lowest BCUT2D eigenvalue weighted by Crippen LogP contribution is -2.46. The second kappa shape index (κ2) is 9.91. The molecular weight excluding hydrogens is 390 g/mol. The number of ether oxygens (including phenoxy) is 1. The third-order valence-electron chi connectivity index (χ3n) is 5.12. The van der Waals surface area contributed by atoms with Gasteiger partial charge < -0.3 is 14.6 Å². The maximum Gasteiger partial charge on any atom is 0.341 e. The Morgan fingerprint density at radius 2 is 2.17 bits per heavy atom. The van der Waals surface area contributed by atoms with Gasteiger partial charge in [0.2, 0.25) is 0 Å². The minimum absolute atomic E-state index is 0.146. The van der Waals surface area contributed by atoms with Crippen molar-refractivity contribution in [1.82, 2.24) is 15.5 Å². The number of amides is 1. The Labute approximate surface area is 175 Å². The molecule has 0 aromatic carbocycles. The van der Waals surface area contributed by atoms with E-state index in [-0.39, 0.29) is 11.9 Å². The summed E-state index contributed by atoms with van der Waals surface area (Å²) in [6, 6.07) is 5.31. The van der Waals surface area contributed by atoms with Gasteiger partial charge in [-0.1, -0.05) is 36.7 Å². The number of aryl methyl sites for hydroxylation is 1. The number of hydrogen-bond donors (Lipinski definition) is 1. The van der Waals surface area contributed by atoms with Crippen molar-refractivity contribution < 1.29 is 18.8 Å². The van der Waals surface area contributed by atoms with Gasteiger partial charge in [-0.05, 0) is 44.7 Å². The molecule has 2 aromatic heterocycles. The number of nitrogens with zero attached hydrogens (tertiary/aromatic N) is 2. The lowest BCUT2D eigenvalue weighted by Gasteiger charge is -2.30. The van der Waals surface area contributed by atoms with Crippen molar-refractivity contribution in [2.24, 2.45) is 5.92 Å². The molecule has 7 nitrogen and oxygen atoms in total. The summed E-state index contributed by atoms with van der Waals surface area (Å²) < 4.78 is 10.5.